The zero-order chi connectivity index (χ0) is 12.5. The average Bonchev–Trinajstić information content (AvgIpc) is 2.35. The molecule has 1 heterocycles. The molecule has 0 radical (unpaired) electrons. The minimum Gasteiger partial charge on any atom is -0.383 e. The minimum absolute atomic E-state index is 0.475. The first-order valence-electron chi connectivity index (χ1n) is 6.75. The molecule has 1 unspecified atom stereocenters. The van der Waals surface area contributed by atoms with E-state index >= 15 is 0 Å². The third-order valence-corrected chi connectivity index (χ3v) is 3.50. The van der Waals surface area contributed by atoms with Crippen molar-refractivity contribution in [2.24, 2.45) is 5.92 Å². The first-order valence-corrected chi connectivity index (χ1v) is 6.75. The van der Waals surface area contributed by atoms with Gasteiger partial charge in [-0.15, -0.1) is 0 Å². The quantitative estimate of drug-likeness (QED) is 0.690. The summed E-state index contributed by atoms with van der Waals surface area (Å²) >= 11 is 0. The first-order chi connectivity index (χ1) is 8.27. The molecule has 0 aromatic carbocycles. The molecule has 0 saturated carbocycles. The Bertz CT molecular complexity index is 184. The van der Waals surface area contributed by atoms with Gasteiger partial charge in [0.15, 0.2) is 0 Å². The van der Waals surface area contributed by atoms with Gasteiger partial charge in [-0.05, 0) is 32.4 Å². The van der Waals surface area contributed by atoms with Crippen LogP contribution >= 0.6 is 0 Å². The van der Waals surface area contributed by atoms with Gasteiger partial charge < -0.3 is 14.8 Å². The molecule has 0 aliphatic carbocycles. The molecule has 0 amide bonds. The zero-order valence-electron chi connectivity index (χ0n) is 11.6. The Morgan fingerprint density at radius 3 is 2.71 bits per heavy atom. The lowest BCUT2D eigenvalue weighted by atomic mass is 9.99. The smallest absolute Gasteiger partial charge is 0.0630 e. The molecule has 0 bridgehead atoms. The molecule has 1 atom stereocenters. The van der Waals surface area contributed by atoms with Crippen LogP contribution in [0.4, 0.5) is 0 Å². The molecule has 1 N–H and O–H groups in total. The number of hydrogen-bond donors (Lipinski definition) is 1. The van der Waals surface area contributed by atoms with E-state index in [0.717, 1.165) is 45.4 Å². The second kappa shape index (κ2) is 8.86. The maximum Gasteiger partial charge on any atom is 0.0630 e. The van der Waals surface area contributed by atoms with Crippen LogP contribution in [-0.4, -0.2) is 64.6 Å². The average molecular weight is 244 g/mol. The van der Waals surface area contributed by atoms with E-state index in [9.17, 15) is 0 Å². The number of nitrogens with one attached hydrogen (secondary N) is 1. The summed E-state index contributed by atoms with van der Waals surface area (Å²) in [5.41, 5.74) is 0. The van der Waals surface area contributed by atoms with Crippen molar-refractivity contribution in [3.05, 3.63) is 0 Å². The molecule has 17 heavy (non-hydrogen) atoms. The first kappa shape index (κ1) is 14.9. The van der Waals surface area contributed by atoms with Gasteiger partial charge >= 0.3 is 0 Å². The normalized spacial score (nSPS) is 19.8. The molecule has 4 nitrogen and oxygen atoms in total. The summed E-state index contributed by atoms with van der Waals surface area (Å²) in [5.74, 6) is 0.787. The summed E-state index contributed by atoms with van der Waals surface area (Å²) in [6.45, 7) is 7.98. The van der Waals surface area contributed by atoms with Crippen LogP contribution in [0.25, 0.3) is 0 Å². The summed E-state index contributed by atoms with van der Waals surface area (Å²) in [6.07, 6.45) is 2.40. The Morgan fingerprint density at radius 2 is 2.12 bits per heavy atom. The monoisotopic (exact) mass is 244 g/mol. The molecule has 102 valence electrons. The highest BCUT2D eigenvalue weighted by molar-refractivity contribution is 4.75. The Morgan fingerprint density at radius 1 is 1.41 bits per heavy atom. The van der Waals surface area contributed by atoms with E-state index in [2.05, 4.69) is 24.2 Å². The van der Waals surface area contributed by atoms with Crippen LogP contribution in [0.1, 0.15) is 19.8 Å². The highest BCUT2D eigenvalue weighted by Gasteiger charge is 2.20. The highest BCUT2D eigenvalue weighted by Crippen LogP contribution is 2.16. The number of likely N-dealkylation sites (N-methyl/N-ethyl adjacent to an activating group) is 2. The largest absolute Gasteiger partial charge is 0.383 e. The molecule has 1 aliphatic rings. The van der Waals surface area contributed by atoms with Crippen molar-refractivity contribution in [1.29, 1.82) is 0 Å². The molecule has 1 fully saturated rings. The van der Waals surface area contributed by atoms with E-state index < -0.39 is 0 Å². The molecule has 0 aromatic heterocycles. The van der Waals surface area contributed by atoms with Crippen LogP contribution in [0.5, 0.6) is 0 Å². The Labute approximate surface area is 106 Å². The Hall–Kier alpha value is -0.160. The fourth-order valence-corrected chi connectivity index (χ4v) is 2.33. The highest BCUT2D eigenvalue weighted by atomic mass is 16.5. The number of hydrogen-bond acceptors (Lipinski definition) is 4. The van der Waals surface area contributed by atoms with Gasteiger partial charge in [0.25, 0.3) is 0 Å². The van der Waals surface area contributed by atoms with Crippen molar-refractivity contribution in [1.82, 2.24) is 10.2 Å². The second-order valence-corrected chi connectivity index (χ2v) is 4.91. The predicted molar refractivity (Wildman–Crippen MR) is 70.4 cm³/mol. The van der Waals surface area contributed by atoms with E-state index in [4.69, 9.17) is 9.47 Å². The number of methoxy groups -OCH3 is 1. The van der Waals surface area contributed by atoms with E-state index in [-0.39, 0.29) is 0 Å². The Kier molecular flexibility index (Phi) is 7.77. The molecule has 0 aromatic rings. The second-order valence-electron chi connectivity index (χ2n) is 4.91. The van der Waals surface area contributed by atoms with E-state index in [1.54, 1.807) is 7.11 Å². The molecular formula is C13H28N2O2. The number of nitrogens with zero attached hydrogens (tertiary/aromatic N) is 1. The van der Waals surface area contributed by atoms with Crippen LogP contribution in [0.15, 0.2) is 0 Å². The lowest BCUT2D eigenvalue weighted by molar-refractivity contribution is 0.0401. The fraction of sp³-hybridized carbons (Fsp3) is 1.00. The minimum atomic E-state index is 0.475. The summed E-state index contributed by atoms with van der Waals surface area (Å²) in [5, 5.41) is 3.40. The zero-order valence-corrected chi connectivity index (χ0v) is 11.6. The van der Waals surface area contributed by atoms with Gasteiger partial charge in [-0.25, -0.2) is 0 Å². The van der Waals surface area contributed by atoms with Crippen LogP contribution in [0, 0.1) is 5.92 Å². The van der Waals surface area contributed by atoms with Crippen LogP contribution in [0.2, 0.25) is 0 Å². The SMILES string of the molecule is CCNCC(COC)N(C)CC1CCOCC1. The van der Waals surface area contributed by atoms with Crippen LogP contribution in [0.3, 0.4) is 0 Å². The predicted octanol–water partition coefficient (Wildman–Crippen LogP) is 0.969. The summed E-state index contributed by atoms with van der Waals surface area (Å²) < 4.78 is 10.7. The third kappa shape index (κ3) is 5.82. The van der Waals surface area contributed by atoms with Crippen molar-refractivity contribution < 1.29 is 9.47 Å². The van der Waals surface area contributed by atoms with Gasteiger partial charge in [0.2, 0.25) is 0 Å². The van der Waals surface area contributed by atoms with Crippen molar-refractivity contribution in [3.63, 3.8) is 0 Å². The number of rotatable bonds is 8. The summed E-state index contributed by atoms with van der Waals surface area (Å²) in [6, 6.07) is 0.475. The van der Waals surface area contributed by atoms with E-state index in [0.29, 0.717) is 6.04 Å². The lowest BCUT2D eigenvalue weighted by Crippen LogP contribution is -2.45. The number of ether oxygens (including phenoxy) is 2. The summed E-state index contributed by atoms with van der Waals surface area (Å²) in [7, 11) is 3.98. The lowest BCUT2D eigenvalue weighted by Gasteiger charge is -2.32. The van der Waals surface area contributed by atoms with Gasteiger partial charge in [-0.1, -0.05) is 6.92 Å². The van der Waals surface area contributed by atoms with Crippen molar-refractivity contribution in [2.75, 3.05) is 53.6 Å². The molecule has 1 aliphatic heterocycles. The fourth-order valence-electron chi connectivity index (χ4n) is 2.33. The van der Waals surface area contributed by atoms with Gasteiger partial charge in [0, 0.05) is 39.5 Å². The van der Waals surface area contributed by atoms with Gasteiger partial charge in [0.1, 0.15) is 0 Å². The van der Waals surface area contributed by atoms with Crippen molar-refractivity contribution in [2.45, 2.75) is 25.8 Å². The maximum atomic E-state index is 5.40. The molecule has 1 rings (SSSR count). The summed E-state index contributed by atoms with van der Waals surface area (Å²) in [4.78, 5) is 2.43. The third-order valence-electron chi connectivity index (χ3n) is 3.50. The van der Waals surface area contributed by atoms with Gasteiger partial charge in [-0.2, -0.15) is 0 Å². The van der Waals surface area contributed by atoms with Crippen LogP contribution < -0.4 is 5.32 Å². The molecular weight excluding hydrogens is 216 g/mol. The molecule has 1 saturated heterocycles. The molecule has 4 heteroatoms. The van der Waals surface area contributed by atoms with Crippen molar-refractivity contribution >= 4 is 0 Å². The topological polar surface area (TPSA) is 33.7 Å². The van der Waals surface area contributed by atoms with Gasteiger partial charge in [0.05, 0.1) is 6.61 Å². The van der Waals surface area contributed by atoms with Crippen molar-refractivity contribution in [3.8, 4) is 0 Å². The van der Waals surface area contributed by atoms with E-state index in [1.165, 1.54) is 12.8 Å². The van der Waals surface area contributed by atoms with Gasteiger partial charge in [-0.3, -0.25) is 4.90 Å². The molecule has 0 spiro atoms. The van der Waals surface area contributed by atoms with E-state index in [1.807, 2.05) is 0 Å². The van der Waals surface area contributed by atoms with Crippen LogP contribution in [-0.2, 0) is 9.47 Å². The Balaban J connectivity index is 2.31. The standard InChI is InChI=1S/C13H28N2O2/c1-4-14-9-13(11-16-3)15(2)10-12-5-7-17-8-6-12/h12-14H,4-11H2,1-3H3. The maximum absolute atomic E-state index is 5.40.